The zero-order chi connectivity index (χ0) is 19.1. The summed E-state index contributed by atoms with van der Waals surface area (Å²) in [5.74, 6) is 0.900. The van der Waals surface area contributed by atoms with Crippen LogP contribution in [0.4, 0.5) is 4.79 Å². The smallest absolute Gasteiger partial charge is 0.409 e. The lowest BCUT2D eigenvalue weighted by molar-refractivity contribution is 0.0914. The number of rotatable bonds is 5. The quantitative estimate of drug-likeness (QED) is 0.287. The Hall–Kier alpha value is -1.97. The number of aromatic nitrogens is 1. The van der Waals surface area contributed by atoms with E-state index in [4.69, 9.17) is 4.74 Å². The van der Waals surface area contributed by atoms with Gasteiger partial charge in [0.2, 0.25) is 0 Å². The van der Waals surface area contributed by atoms with Crippen molar-refractivity contribution in [1.29, 1.82) is 0 Å². The highest BCUT2D eigenvalue weighted by Gasteiger charge is 2.23. The number of aromatic amines is 1. The number of carbonyl (C=O) groups is 1. The van der Waals surface area contributed by atoms with E-state index in [0.29, 0.717) is 19.7 Å². The van der Waals surface area contributed by atoms with Gasteiger partial charge in [-0.2, -0.15) is 0 Å². The molecule has 3 rings (SSSR count). The van der Waals surface area contributed by atoms with E-state index in [9.17, 15) is 4.79 Å². The van der Waals surface area contributed by atoms with Crippen LogP contribution in [0.1, 0.15) is 18.9 Å². The number of guanidine groups is 1. The van der Waals surface area contributed by atoms with Gasteiger partial charge in [-0.05, 0) is 31.4 Å². The number of aliphatic imine (C=N–C) groups is 1. The second-order valence-electron chi connectivity index (χ2n) is 6.61. The van der Waals surface area contributed by atoms with E-state index in [1.165, 1.54) is 16.5 Å². The first kappa shape index (κ1) is 22.3. The molecule has 1 aliphatic rings. The number of nitrogens with one attached hydrogen (secondary N) is 2. The van der Waals surface area contributed by atoms with Crippen LogP contribution in [0.3, 0.4) is 0 Å². The highest BCUT2D eigenvalue weighted by Crippen LogP contribution is 2.18. The number of ether oxygens (including phenoxy) is 1. The number of amides is 1. The maximum absolute atomic E-state index is 11.8. The summed E-state index contributed by atoms with van der Waals surface area (Å²) in [6.07, 6.45) is 3.93. The third-order valence-electron chi connectivity index (χ3n) is 4.90. The van der Waals surface area contributed by atoms with Crippen molar-refractivity contribution < 1.29 is 9.53 Å². The minimum atomic E-state index is -0.223. The fraction of sp³-hybridized carbons (Fsp3) is 0.500. The number of fused-ring (bicyclic) bond motifs is 1. The van der Waals surface area contributed by atoms with Gasteiger partial charge in [0.05, 0.1) is 6.61 Å². The molecule has 0 spiro atoms. The van der Waals surface area contributed by atoms with Gasteiger partial charge in [0.1, 0.15) is 0 Å². The monoisotopic (exact) mass is 499 g/mol. The Labute approximate surface area is 183 Å². The standard InChI is InChI=1S/C20H29N5O2.HI/c1-3-27-20(26)25-13-11-24(12-14-25)19(21-2)22-10-6-7-16-15-23-18-9-5-4-8-17(16)18;/h4-5,8-9,15,23H,3,6-7,10-14H2,1-2H3,(H,21,22);1H. The molecule has 1 aromatic heterocycles. The highest BCUT2D eigenvalue weighted by atomic mass is 127. The molecule has 2 aromatic rings. The predicted molar refractivity (Wildman–Crippen MR) is 124 cm³/mol. The van der Waals surface area contributed by atoms with Gasteiger partial charge in [-0.1, -0.05) is 18.2 Å². The summed E-state index contributed by atoms with van der Waals surface area (Å²) in [7, 11) is 1.81. The molecule has 1 amide bonds. The van der Waals surface area contributed by atoms with Crippen LogP contribution in [0.5, 0.6) is 0 Å². The Bertz CT molecular complexity index is 784. The van der Waals surface area contributed by atoms with Gasteiger partial charge < -0.3 is 24.8 Å². The fourth-order valence-corrected chi connectivity index (χ4v) is 3.47. The number of piperazine rings is 1. The molecular weight excluding hydrogens is 469 g/mol. The van der Waals surface area contributed by atoms with Gasteiger partial charge in [0, 0.05) is 56.9 Å². The third kappa shape index (κ3) is 5.52. The van der Waals surface area contributed by atoms with Crippen molar-refractivity contribution >= 4 is 46.9 Å². The molecule has 0 bridgehead atoms. The van der Waals surface area contributed by atoms with Gasteiger partial charge in [0.25, 0.3) is 0 Å². The molecule has 154 valence electrons. The van der Waals surface area contributed by atoms with Crippen molar-refractivity contribution in [3.8, 4) is 0 Å². The summed E-state index contributed by atoms with van der Waals surface area (Å²) in [4.78, 5) is 23.5. The van der Waals surface area contributed by atoms with Gasteiger partial charge in [-0.15, -0.1) is 24.0 Å². The first-order chi connectivity index (χ1) is 13.2. The van der Waals surface area contributed by atoms with Crippen LogP contribution < -0.4 is 5.32 Å². The molecule has 0 unspecified atom stereocenters. The maximum Gasteiger partial charge on any atom is 0.409 e. The van der Waals surface area contributed by atoms with Crippen molar-refractivity contribution in [1.82, 2.24) is 20.1 Å². The number of nitrogens with zero attached hydrogens (tertiary/aromatic N) is 3. The van der Waals surface area contributed by atoms with Gasteiger partial charge >= 0.3 is 6.09 Å². The summed E-state index contributed by atoms with van der Waals surface area (Å²) in [6, 6.07) is 8.40. The van der Waals surface area contributed by atoms with E-state index >= 15 is 0 Å². The van der Waals surface area contributed by atoms with Crippen LogP contribution in [0.2, 0.25) is 0 Å². The van der Waals surface area contributed by atoms with Crippen LogP contribution >= 0.6 is 24.0 Å². The second-order valence-corrected chi connectivity index (χ2v) is 6.61. The first-order valence-electron chi connectivity index (χ1n) is 9.65. The molecule has 1 saturated heterocycles. The molecule has 8 heteroatoms. The fourth-order valence-electron chi connectivity index (χ4n) is 3.47. The maximum atomic E-state index is 11.8. The molecule has 2 heterocycles. The van der Waals surface area contributed by atoms with Crippen molar-refractivity contribution in [3.63, 3.8) is 0 Å². The lowest BCUT2D eigenvalue weighted by atomic mass is 10.1. The summed E-state index contributed by atoms with van der Waals surface area (Å²) in [5, 5.41) is 4.75. The molecule has 0 radical (unpaired) electrons. The van der Waals surface area contributed by atoms with Gasteiger partial charge in [-0.25, -0.2) is 4.79 Å². The van der Waals surface area contributed by atoms with Crippen LogP contribution in [0, 0.1) is 0 Å². The average molecular weight is 499 g/mol. The minimum absolute atomic E-state index is 0. The number of benzene rings is 1. The number of halogens is 1. The Kier molecular flexibility index (Phi) is 8.88. The first-order valence-corrected chi connectivity index (χ1v) is 9.65. The average Bonchev–Trinajstić information content (AvgIpc) is 3.12. The van der Waals surface area contributed by atoms with Crippen molar-refractivity contribution in [2.75, 3.05) is 46.4 Å². The van der Waals surface area contributed by atoms with E-state index in [-0.39, 0.29) is 30.1 Å². The Morgan fingerprint density at radius 2 is 1.93 bits per heavy atom. The summed E-state index contributed by atoms with van der Waals surface area (Å²) in [5.41, 5.74) is 2.54. The SMILES string of the molecule is CCOC(=O)N1CCN(C(=NC)NCCCc2c[nH]c3ccccc23)CC1.I. The molecule has 0 saturated carbocycles. The summed E-state index contributed by atoms with van der Waals surface area (Å²) in [6.45, 7) is 5.96. The van der Waals surface area contributed by atoms with E-state index < -0.39 is 0 Å². The van der Waals surface area contributed by atoms with Crippen LogP contribution in [-0.4, -0.2) is 73.2 Å². The van der Waals surface area contributed by atoms with Crippen molar-refractivity contribution in [3.05, 3.63) is 36.0 Å². The molecule has 1 aliphatic heterocycles. The number of hydrogen-bond donors (Lipinski definition) is 2. The van der Waals surface area contributed by atoms with Gasteiger partial charge in [0.15, 0.2) is 5.96 Å². The summed E-state index contributed by atoms with van der Waals surface area (Å²) >= 11 is 0. The lowest BCUT2D eigenvalue weighted by Gasteiger charge is -2.35. The number of para-hydroxylation sites is 1. The van der Waals surface area contributed by atoms with E-state index in [0.717, 1.165) is 38.4 Å². The third-order valence-corrected chi connectivity index (χ3v) is 4.90. The molecule has 0 atom stereocenters. The zero-order valence-corrected chi connectivity index (χ0v) is 18.9. The summed E-state index contributed by atoms with van der Waals surface area (Å²) < 4.78 is 5.07. The Morgan fingerprint density at radius 3 is 2.64 bits per heavy atom. The zero-order valence-electron chi connectivity index (χ0n) is 16.6. The van der Waals surface area contributed by atoms with Crippen LogP contribution in [0.25, 0.3) is 10.9 Å². The van der Waals surface area contributed by atoms with E-state index in [1.54, 1.807) is 11.9 Å². The predicted octanol–water partition coefficient (Wildman–Crippen LogP) is 3.07. The molecular formula is C20H30IN5O2. The molecule has 7 nitrogen and oxygen atoms in total. The van der Waals surface area contributed by atoms with Crippen LogP contribution in [0.15, 0.2) is 35.5 Å². The topological polar surface area (TPSA) is 73.0 Å². The number of hydrogen-bond acceptors (Lipinski definition) is 3. The van der Waals surface area contributed by atoms with E-state index in [1.807, 2.05) is 6.92 Å². The number of carbonyl (C=O) groups excluding carboxylic acids is 1. The van der Waals surface area contributed by atoms with Crippen molar-refractivity contribution in [2.24, 2.45) is 4.99 Å². The molecule has 28 heavy (non-hydrogen) atoms. The normalized spacial score (nSPS) is 14.7. The number of aryl methyl sites for hydroxylation is 1. The minimum Gasteiger partial charge on any atom is -0.450 e. The van der Waals surface area contributed by atoms with Crippen LogP contribution in [-0.2, 0) is 11.2 Å². The second kappa shape index (κ2) is 11.1. The Balaban J connectivity index is 0.00000280. The largest absolute Gasteiger partial charge is 0.450 e. The number of H-pyrrole nitrogens is 1. The Morgan fingerprint density at radius 1 is 1.21 bits per heavy atom. The van der Waals surface area contributed by atoms with E-state index in [2.05, 4.69) is 50.7 Å². The molecule has 2 N–H and O–H groups in total. The highest BCUT2D eigenvalue weighted by molar-refractivity contribution is 14.0. The van der Waals surface area contributed by atoms with Crippen molar-refractivity contribution in [2.45, 2.75) is 19.8 Å². The lowest BCUT2D eigenvalue weighted by Crippen LogP contribution is -2.54. The molecule has 0 aliphatic carbocycles. The molecule has 1 aromatic carbocycles. The molecule has 1 fully saturated rings. The van der Waals surface area contributed by atoms with Gasteiger partial charge in [-0.3, -0.25) is 4.99 Å².